The summed E-state index contributed by atoms with van der Waals surface area (Å²) in [7, 11) is 3.01. The number of benzene rings is 2. The van der Waals surface area contributed by atoms with Crippen molar-refractivity contribution >= 4 is 71.2 Å². The number of rotatable bonds is 34. The summed E-state index contributed by atoms with van der Waals surface area (Å²) in [6, 6.07) is 10.7. The summed E-state index contributed by atoms with van der Waals surface area (Å²) in [5.74, 6) is 2.30. The van der Waals surface area contributed by atoms with Gasteiger partial charge in [-0.3, -0.25) is 28.8 Å². The molecule has 4 aliphatic heterocycles. The minimum absolute atomic E-state index is 0.0375. The smallest absolute Gasteiger partial charge is 0.315 e. The zero-order valence-electron chi connectivity index (χ0n) is 49.2. The minimum atomic E-state index is -1.03. The number of aliphatic carboxylic acids is 1. The Morgan fingerprint density at radius 3 is 1.58 bits per heavy atom. The second-order valence-electron chi connectivity index (χ2n) is 21.6. The lowest BCUT2D eigenvalue weighted by atomic mass is 10.0. The Labute approximate surface area is 508 Å². The van der Waals surface area contributed by atoms with Crippen molar-refractivity contribution in [2.45, 2.75) is 151 Å². The van der Waals surface area contributed by atoms with Crippen LogP contribution >= 0.6 is 23.5 Å². The average Bonchev–Trinajstić information content (AvgIpc) is 3.74. The molecule has 26 nitrogen and oxygen atoms in total. The normalized spacial score (nSPS) is 18.9. The lowest BCUT2D eigenvalue weighted by Crippen LogP contribution is -2.36. The van der Waals surface area contributed by atoms with Gasteiger partial charge < -0.3 is 70.5 Å². The maximum atomic E-state index is 12.6. The number of aryl methyl sites for hydroxylation is 2. The molecule has 6 atom stereocenters. The number of unbranched alkanes of at least 4 members (excludes halogenated alkanes) is 6. The lowest BCUT2D eigenvalue weighted by molar-refractivity contribution is -0.140. The maximum absolute atomic E-state index is 12.6. The van der Waals surface area contributed by atoms with Gasteiger partial charge in [-0.15, -0.1) is 0 Å². The molecule has 4 fully saturated rings. The average molecular weight is 1230 g/mol. The number of carboxylic acid groups (broad SMARTS) is 1. The predicted octanol–water partition coefficient (Wildman–Crippen LogP) is 4.79. The number of carboxylic acids is 1. The fraction of sp³-hybridized carbons (Fsp3) is 0.586. The molecule has 6 heterocycles. The number of likely N-dealkylation sites (N-methyl/N-ethyl adjacent to an activating group) is 1. The van der Waals surface area contributed by atoms with Crippen LogP contribution in [0.25, 0.3) is 22.9 Å². The third-order valence-electron chi connectivity index (χ3n) is 14.9. The van der Waals surface area contributed by atoms with E-state index in [2.05, 4.69) is 57.5 Å². The Hall–Kier alpha value is -7.62. The van der Waals surface area contributed by atoms with Crippen molar-refractivity contribution < 1.29 is 66.7 Å². The molecule has 28 heteroatoms. The van der Waals surface area contributed by atoms with Crippen LogP contribution in [0.2, 0.25) is 0 Å². The number of aromatic nitrogens is 4. The third-order valence-corrected chi connectivity index (χ3v) is 17.9. The van der Waals surface area contributed by atoms with Crippen LogP contribution in [-0.4, -0.2) is 178 Å². The second-order valence-corrected chi connectivity index (χ2v) is 24.1. The van der Waals surface area contributed by atoms with Crippen LogP contribution in [0.4, 0.5) is 9.59 Å². The van der Waals surface area contributed by atoms with Crippen LogP contribution in [0.5, 0.6) is 11.5 Å². The van der Waals surface area contributed by atoms with Crippen LogP contribution in [-0.2, 0) is 46.3 Å². The number of urea groups is 2. The van der Waals surface area contributed by atoms with Crippen molar-refractivity contribution in [2.75, 3.05) is 65.1 Å². The van der Waals surface area contributed by atoms with Crippen LogP contribution in [0.3, 0.4) is 0 Å². The summed E-state index contributed by atoms with van der Waals surface area (Å²) < 4.78 is 26.5. The highest BCUT2D eigenvalue weighted by atomic mass is 32.2. The number of carbonyl (C=O) groups is 8. The summed E-state index contributed by atoms with van der Waals surface area (Å²) in [6.45, 7) is 5.24. The van der Waals surface area contributed by atoms with E-state index in [-0.39, 0.29) is 91.8 Å². The van der Waals surface area contributed by atoms with E-state index in [0.717, 1.165) is 88.6 Å². The second kappa shape index (κ2) is 33.9. The number of carbonyl (C=O) groups excluding carboxylic acids is 7. The van der Waals surface area contributed by atoms with Crippen LogP contribution in [0.1, 0.15) is 113 Å². The molecule has 0 spiro atoms. The summed E-state index contributed by atoms with van der Waals surface area (Å²) in [4.78, 5) is 105. The predicted molar refractivity (Wildman–Crippen MR) is 319 cm³/mol. The van der Waals surface area contributed by atoms with Crippen LogP contribution < -0.4 is 46.7 Å². The van der Waals surface area contributed by atoms with E-state index < -0.39 is 11.9 Å². The molecule has 8 rings (SSSR count). The fourth-order valence-electron chi connectivity index (χ4n) is 10.3. The van der Waals surface area contributed by atoms with E-state index >= 15 is 0 Å². The van der Waals surface area contributed by atoms with E-state index in [1.54, 1.807) is 62.2 Å². The topological polar surface area (TPSA) is 350 Å². The van der Waals surface area contributed by atoms with Gasteiger partial charge >= 0.3 is 24.0 Å². The van der Waals surface area contributed by atoms with Crippen molar-refractivity contribution in [2.24, 2.45) is 0 Å². The Balaban J connectivity index is 0.000000246. The number of ether oxygens (including phenoxy) is 3. The molecule has 468 valence electrons. The van der Waals surface area contributed by atoms with Gasteiger partial charge in [0.05, 0.1) is 44.1 Å². The van der Waals surface area contributed by atoms with Crippen molar-refractivity contribution in [1.29, 1.82) is 0 Å². The van der Waals surface area contributed by atoms with Crippen LogP contribution in [0.15, 0.2) is 45.4 Å². The molecule has 0 aliphatic carbocycles. The highest BCUT2D eigenvalue weighted by Gasteiger charge is 2.43. The molecule has 86 heavy (non-hydrogen) atoms. The lowest BCUT2D eigenvalue weighted by Gasteiger charge is -2.18. The first-order valence-electron chi connectivity index (χ1n) is 29.3. The number of thioether (sulfide) groups is 2. The number of fused-ring (bicyclic) bond motifs is 2. The van der Waals surface area contributed by atoms with Crippen molar-refractivity contribution in [3.05, 3.63) is 59.2 Å². The number of nitrogens with zero attached hydrogens (tertiary/aromatic N) is 5. The highest BCUT2D eigenvalue weighted by Crippen LogP contribution is 2.35. The van der Waals surface area contributed by atoms with Gasteiger partial charge in [0.15, 0.2) is 24.9 Å². The van der Waals surface area contributed by atoms with Gasteiger partial charge in [-0.25, -0.2) is 9.59 Å². The number of nitrogens with one attached hydrogen (secondary N) is 7. The molecule has 0 saturated carbocycles. The van der Waals surface area contributed by atoms with Gasteiger partial charge in [0, 0.05) is 90.3 Å². The Morgan fingerprint density at radius 1 is 0.628 bits per heavy atom. The molecule has 0 bridgehead atoms. The number of amides is 8. The Morgan fingerprint density at radius 2 is 1.10 bits per heavy atom. The quantitative estimate of drug-likeness (QED) is 0.0177. The summed E-state index contributed by atoms with van der Waals surface area (Å²) in [5.41, 5.74) is 2.14. The van der Waals surface area contributed by atoms with Crippen LogP contribution in [0, 0.1) is 13.8 Å². The van der Waals surface area contributed by atoms with Gasteiger partial charge in [-0.1, -0.05) is 23.2 Å². The molecule has 2 aromatic carbocycles. The molecular weight excluding hydrogens is 1150 g/mol. The first kappa shape index (κ1) is 65.9. The van der Waals surface area contributed by atoms with E-state index in [0.29, 0.717) is 101 Å². The maximum Gasteiger partial charge on any atom is 0.315 e. The van der Waals surface area contributed by atoms with Crippen molar-refractivity contribution in [3.63, 3.8) is 0 Å². The highest BCUT2D eigenvalue weighted by molar-refractivity contribution is 8.00. The SMILES string of the molecule is COC(=O)Cc1cc(-c2nc(C)no2)ccc1OCC(=O)NCCCCCNC(=O)CCCC[C@@H]1SCC2NC(=O)NC21.Cc1noc(-c2ccc(OCC(=O)N(C)CCCCCNC(=O)CCCC[C@@H]3SCC4NC(=O)NC43)c(CC(=O)O)c2)n1. The molecule has 4 saturated heterocycles. The first-order valence-corrected chi connectivity index (χ1v) is 31.4. The van der Waals surface area contributed by atoms with E-state index in [9.17, 15) is 43.5 Å². The number of hydrogen-bond acceptors (Lipinski definition) is 19. The monoisotopic (exact) mass is 1230 g/mol. The molecule has 4 unspecified atom stereocenters. The van der Waals surface area contributed by atoms with E-state index in [1.807, 2.05) is 23.5 Å². The minimum Gasteiger partial charge on any atom is -0.483 e. The standard InChI is InChI=1S/2C29H40N6O7S/c1-18-31-28(42-34-18)19-10-11-22(20(14-19)15-26(38)39)41-16-25(37)35(2)13-7-3-6-12-30-24(36)9-5-4-8-23-27-21(17-43-23)32-29(40)33-27;1-18-32-28(42-35-18)19-10-11-22(20(14-19)15-26(38)40-2)41-16-25(37)31-13-7-3-6-12-30-24(36)9-5-4-8-23-27-21(17-43-23)33-29(39)34-27/h10-11,14,21,23,27H,3-9,12-13,15-17H2,1-2H3,(H,30,36)(H,38,39)(H2,32,33,40);10-11,14,21,23,27H,3-9,12-13,15-17H2,1-2H3,(H,30,36)(H,31,37)(H2,33,34,39)/t2*21?,23-,27?/m00/s1. The first-order chi connectivity index (χ1) is 41.5. The molecule has 4 aromatic rings. The molecule has 8 amide bonds. The molecule has 2 aromatic heterocycles. The third kappa shape index (κ3) is 21.1. The van der Waals surface area contributed by atoms with Crippen molar-refractivity contribution in [1.82, 2.24) is 62.4 Å². The Kier molecular flexibility index (Phi) is 26.0. The fourth-order valence-corrected chi connectivity index (χ4v) is 13.3. The summed E-state index contributed by atoms with van der Waals surface area (Å²) >= 11 is 3.78. The molecule has 4 aliphatic rings. The summed E-state index contributed by atoms with van der Waals surface area (Å²) in [6.07, 6.45) is 11.2. The molecular formula is C58H80N12O14S2. The zero-order chi connectivity index (χ0) is 61.4. The van der Waals surface area contributed by atoms with E-state index in [1.165, 1.54) is 7.11 Å². The number of hydrogen-bond donors (Lipinski definition) is 8. The Bertz CT molecular complexity index is 2940. The van der Waals surface area contributed by atoms with Gasteiger partial charge in [-0.05, 0) is 114 Å². The number of methoxy groups -OCH3 is 1. The molecule has 8 N–H and O–H groups in total. The zero-order valence-corrected chi connectivity index (χ0v) is 50.8. The number of esters is 1. The summed E-state index contributed by atoms with van der Waals surface area (Å²) in [5, 5.41) is 38.3. The van der Waals surface area contributed by atoms with Crippen molar-refractivity contribution in [3.8, 4) is 34.4 Å². The van der Waals surface area contributed by atoms with Gasteiger partial charge in [0.2, 0.25) is 11.8 Å². The van der Waals surface area contributed by atoms with E-state index in [4.69, 9.17) is 23.3 Å². The van der Waals surface area contributed by atoms with Gasteiger partial charge in [-0.2, -0.15) is 33.5 Å². The van der Waals surface area contributed by atoms with Gasteiger partial charge in [0.1, 0.15) is 11.5 Å². The van der Waals surface area contributed by atoms with Gasteiger partial charge in [0.25, 0.3) is 23.6 Å². The largest absolute Gasteiger partial charge is 0.483 e. The molecule has 0 radical (unpaired) electrons.